The van der Waals surface area contributed by atoms with E-state index in [0.717, 1.165) is 6.07 Å². The van der Waals surface area contributed by atoms with Crippen LogP contribution in [0.1, 0.15) is 26.3 Å². The topological polar surface area (TPSA) is 81.7 Å². The minimum atomic E-state index is -0.697. The van der Waals surface area contributed by atoms with E-state index in [9.17, 15) is 18.8 Å². The molecule has 2 aromatic rings. The van der Waals surface area contributed by atoms with Crippen LogP contribution >= 0.6 is 0 Å². The molecule has 0 aliphatic carbocycles. The van der Waals surface area contributed by atoms with Gasteiger partial charge in [-0.25, -0.2) is 9.18 Å². The van der Waals surface area contributed by atoms with Crippen molar-refractivity contribution in [2.24, 2.45) is 0 Å². The normalized spacial score (nSPS) is 10.0. The van der Waals surface area contributed by atoms with Crippen LogP contribution in [0, 0.1) is 5.82 Å². The fourth-order valence-corrected chi connectivity index (χ4v) is 1.96. The summed E-state index contributed by atoms with van der Waals surface area (Å²) in [4.78, 5) is 34.7. The maximum Gasteiger partial charge on any atom is 0.337 e. The average molecular weight is 345 g/mol. The molecule has 0 saturated heterocycles. The molecular formula is C18H16FNO5. The van der Waals surface area contributed by atoms with Crippen molar-refractivity contribution in [1.82, 2.24) is 5.32 Å². The summed E-state index contributed by atoms with van der Waals surface area (Å²) < 4.78 is 23.0. The monoisotopic (exact) mass is 345 g/mol. The average Bonchev–Trinajstić information content (AvgIpc) is 2.64. The van der Waals surface area contributed by atoms with Gasteiger partial charge >= 0.3 is 11.9 Å². The van der Waals surface area contributed by atoms with Crippen molar-refractivity contribution < 1.29 is 28.2 Å². The number of benzene rings is 2. The van der Waals surface area contributed by atoms with Crippen LogP contribution in [-0.4, -0.2) is 31.5 Å². The molecule has 0 atom stereocenters. The van der Waals surface area contributed by atoms with Crippen molar-refractivity contribution in [2.75, 3.05) is 13.7 Å². The van der Waals surface area contributed by atoms with Crippen LogP contribution in [0.4, 0.5) is 4.39 Å². The number of methoxy groups -OCH3 is 1. The number of ether oxygens (including phenoxy) is 2. The molecule has 1 N–H and O–H groups in total. The van der Waals surface area contributed by atoms with E-state index in [4.69, 9.17) is 4.74 Å². The van der Waals surface area contributed by atoms with Crippen LogP contribution in [0.2, 0.25) is 0 Å². The molecular weight excluding hydrogens is 329 g/mol. The van der Waals surface area contributed by atoms with E-state index in [0.29, 0.717) is 11.1 Å². The molecule has 2 aromatic carbocycles. The van der Waals surface area contributed by atoms with E-state index < -0.39 is 23.7 Å². The molecule has 1 amide bonds. The predicted molar refractivity (Wildman–Crippen MR) is 86.3 cm³/mol. The van der Waals surface area contributed by atoms with E-state index in [1.165, 1.54) is 25.3 Å². The van der Waals surface area contributed by atoms with E-state index in [-0.39, 0.29) is 18.7 Å². The maximum absolute atomic E-state index is 13.4. The van der Waals surface area contributed by atoms with Crippen molar-refractivity contribution in [3.05, 3.63) is 71.0 Å². The zero-order valence-corrected chi connectivity index (χ0v) is 13.5. The van der Waals surface area contributed by atoms with Gasteiger partial charge in [0.1, 0.15) is 19.0 Å². The van der Waals surface area contributed by atoms with Gasteiger partial charge in [0, 0.05) is 0 Å². The summed E-state index contributed by atoms with van der Waals surface area (Å²) in [7, 11) is 1.29. The highest BCUT2D eigenvalue weighted by Crippen LogP contribution is 2.08. The number of carbonyl (C=O) groups is 3. The first-order valence-electron chi connectivity index (χ1n) is 7.37. The molecule has 0 fully saturated rings. The third-order valence-electron chi connectivity index (χ3n) is 3.29. The first kappa shape index (κ1) is 18.1. The van der Waals surface area contributed by atoms with Gasteiger partial charge in [-0.1, -0.05) is 24.3 Å². The molecule has 0 spiro atoms. The summed E-state index contributed by atoms with van der Waals surface area (Å²) in [6, 6.07) is 11.8. The Morgan fingerprint density at radius 1 is 1.04 bits per heavy atom. The van der Waals surface area contributed by atoms with Gasteiger partial charge in [-0.05, 0) is 29.8 Å². The number of rotatable bonds is 6. The molecule has 2 rings (SSSR count). The van der Waals surface area contributed by atoms with Crippen LogP contribution in [0.3, 0.4) is 0 Å². The first-order valence-corrected chi connectivity index (χ1v) is 7.37. The van der Waals surface area contributed by atoms with E-state index in [1.54, 1.807) is 24.3 Å². The Hall–Kier alpha value is -3.22. The molecule has 130 valence electrons. The SMILES string of the molecule is COC(=O)c1ccc(COC(=O)CNC(=O)c2ccccc2F)cc1. The molecule has 0 unspecified atom stereocenters. The highest BCUT2D eigenvalue weighted by atomic mass is 19.1. The lowest BCUT2D eigenvalue weighted by molar-refractivity contribution is -0.143. The third-order valence-corrected chi connectivity index (χ3v) is 3.29. The first-order chi connectivity index (χ1) is 12.0. The largest absolute Gasteiger partial charge is 0.465 e. The molecule has 0 saturated carbocycles. The Kier molecular flexibility index (Phi) is 6.22. The summed E-state index contributed by atoms with van der Waals surface area (Å²) in [5, 5.41) is 2.29. The van der Waals surface area contributed by atoms with E-state index in [1.807, 2.05) is 0 Å². The van der Waals surface area contributed by atoms with E-state index in [2.05, 4.69) is 10.1 Å². The van der Waals surface area contributed by atoms with Crippen LogP contribution in [0.5, 0.6) is 0 Å². The summed E-state index contributed by atoms with van der Waals surface area (Å²) in [6.45, 7) is -0.400. The number of halogens is 1. The molecule has 0 radical (unpaired) electrons. The standard InChI is InChI=1S/C18H16FNO5/c1-24-18(23)13-8-6-12(7-9-13)11-25-16(21)10-20-17(22)14-4-2-3-5-15(14)19/h2-9H,10-11H2,1H3,(H,20,22). The number of esters is 2. The second-order valence-corrected chi connectivity index (χ2v) is 5.01. The highest BCUT2D eigenvalue weighted by Gasteiger charge is 2.12. The zero-order chi connectivity index (χ0) is 18.2. The van der Waals surface area contributed by atoms with Crippen molar-refractivity contribution in [3.63, 3.8) is 0 Å². The maximum atomic E-state index is 13.4. The van der Waals surface area contributed by atoms with Gasteiger partial charge in [-0.2, -0.15) is 0 Å². The molecule has 0 aliphatic rings. The summed E-state index contributed by atoms with van der Waals surface area (Å²) >= 11 is 0. The van der Waals surface area contributed by atoms with Crippen LogP contribution < -0.4 is 5.32 Å². The second-order valence-electron chi connectivity index (χ2n) is 5.01. The van der Waals surface area contributed by atoms with Crippen molar-refractivity contribution in [2.45, 2.75) is 6.61 Å². The minimum absolute atomic E-state index is 0.0180. The fourth-order valence-electron chi connectivity index (χ4n) is 1.96. The lowest BCUT2D eigenvalue weighted by Gasteiger charge is -2.07. The summed E-state index contributed by atoms with van der Waals surface area (Å²) in [5.74, 6) is -2.49. The minimum Gasteiger partial charge on any atom is -0.465 e. The molecule has 0 aromatic heterocycles. The Morgan fingerprint density at radius 2 is 1.72 bits per heavy atom. The summed E-state index contributed by atoms with van der Waals surface area (Å²) in [5.41, 5.74) is 0.907. The van der Waals surface area contributed by atoms with Gasteiger partial charge in [-0.3, -0.25) is 9.59 Å². The van der Waals surface area contributed by atoms with Crippen LogP contribution in [-0.2, 0) is 20.9 Å². The fraction of sp³-hybridized carbons (Fsp3) is 0.167. The van der Waals surface area contributed by atoms with Gasteiger partial charge in [-0.15, -0.1) is 0 Å². The molecule has 0 heterocycles. The molecule has 0 bridgehead atoms. The second kappa shape index (κ2) is 8.58. The lowest BCUT2D eigenvalue weighted by Crippen LogP contribution is -2.31. The number of hydrogen-bond donors (Lipinski definition) is 1. The highest BCUT2D eigenvalue weighted by molar-refractivity contribution is 5.96. The van der Waals surface area contributed by atoms with Gasteiger partial charge in [0.25, 0.3) is 5.91 Å². The molecule has 6 nitrogen and oxygen atoms in total. The zero-order valence-electron chi connectivity index (χ0n) is 13.5. The lowest BCUT2D eigenvalue weighted by atomic mass is 10.1. The van der Waals surface area contributed by atoms with Crippen molar-refractivity contribution in [3.8, 4) is 0 Å². The van der Waals surface area contributed by atoms with Gasteiger partial charge < -0.3 is 14.8 Å². The van der Waals surface area contributed by atoms with Gasteiger partial charge in [0.15, 0.2) is 0 Å². The van der Waals surface area contributed by atoms with E-state index >= 15 is 0 Å². The van der Waals surface area contributed by atoms with Crippen molar-refractivity contribution >= 4 is 17.8 Å². The number of amides is 1. The summed E-state index contributed by atoms with van der Waals surface area (Å²) in [6.07, 6.45) is 0. The van der Waals surface area contributed by atoms with Crippen LogP contribution in [0.25, 0.3) is 0 Å². The Bertz CT molecular complexity index is 773. The molecule has 7 heteroatoms. The third kappa shape index (κ3) is 5.13. The number of nitrogens with one attached hydrogen (secondary N) is 1. The quantitative estimate of drug-likeness (QED) is 0.811. The number of carbonyl (C=O) groups excluding carboxylic acids is 3. The van der Waals surface area contributed by atoms with Crippen LogP contribution in [0.15, 0.2) is 48.5 Å². The molecule has 0 aliphatic heterocycles. The van der Waals surface area contributed by atoms with Gasteiger partial charge in [0.05, 0.1) is 18.2 Å². The van der Waals surface area contributed by atoms with Gasteiger partial charge in [0.2, 0.25) is 0 Å². The van der Waals surface area contributed by atoms with Crippen molar-refractivity contribution in [1.29, 1.82) is 0 Å². The smallest absolute Gasteiger partial charge is 0.337 e. The number of hydrogen-bond acceptors (Lipinski definition) is 5. The Balaban J connectivity index is 1.80. The Labute approximate surface area is 143 Å². The Morgan fingerprint density at radius 3 is 2.36 bits per heavy atom. The predicted octanol–water partition coefficient (Wildman–Crippen LogP) is 2.09. The molecule has 25 heavy (non-hydrogen) atoms.